The molecule has 0 atom stereocenters. The van der Waals surface area contributed by atoms with Crippen molar-refractivity contribution in [3.63, 3.8) is 0 Å². The zero-order valence-corrected chi connectivity index (χ0v) is 13.4. The van der Waals surface area contributed by atoms with Gasteiger partial charge in [0, 0.05) is 0 Å². The van der Waals surface area contributed by atoms with Crippen LogP contribution in [0.2, 0.25) is 0 Å². The van der Waals surface area contributed by atoms with Gasteiger partial charge in [0.25, 0.3) is 0 Å². The zero-order valence-electron chi connectivity index (χ0n) is 13.4. The molecule has 0 aliphatic carbocycles. The van der Waals surface area contributed by atoms with Gasteiger partial charge in [-0.1, -0.05) is 73.7 Å². The minimum atomic E-state index is 0.323. The van der Waals surface area contributed by atoms with Crippen LogP contribution in [0.15, 0.2) is 85.5 Å². The van der Waals surface area contributed by atoms with Crippen molar-refractivity contribution in [1.29, 1.82) is 0 Å². The Labute approximate surface area is 133 Å². The van der Waals surface area contributed by atoms with Crippen LogP contribution in [0, 0.1) is 0 Å². The molecule has 0 unspecified atom stereocenters. The van der Waals surface area contributed by atoms with Crippen molar-refractivity contribution in [2.45, 2.75) is 20.3 Å². The smallest absolute Gasteiger partial charge is 0.116 e. The van der Waals surface area contributed by atoms with E-state index in [-0.39, 0.29) is 0 Å². The van der Waals surface area contributed by atoms with Crippen LogP contribution in [0.5, 0.6) is 5.75 Å². The first-order chi connectivity index (χ1) is 10.7. The highest BCUT2D eigenvalue weighted by Gasteiger charge is 1.91. The third kappa shape index (κ3) is 6.27. The van der Waals surface area contributed by atoms with Crippen molar-refractivity contribution in [3.05, 3.63) is 91.0 Å². The van der Waals surface area contributed by atoms with Crippen LogP contribution < -0.4 is 0 Å². The fourth-order valence-electron chi connectivity index (χ4n) is 1.89. The molecule has 0 saturated heterocycles. The van der Waals surface area contributed by atoms with Crippen LogP contribution in [-0.2, 0) is 6.42 Å². The molecule has 1 heteroatoms. The molecular formula is C21H24O. The Morgan fingerprint density at radius 2 is 1.41 bits per heavy atom. The van der Waals surface area contributed by atoms with Gasteiger partial charge in [-0.25, -0.2) is 0 Å². The van der Waals surface area contributed by atoms with E-state index in [1.54, 1.807) is 18.2 Å². The number of hydrogen-bond donors (Lipinski definition) is 1. The fourth-order valence-corrected chi connectivity index (χ4v) is 1.89. The van der Waals surface area contributed by atoms with Crippen molar-refractivity contribution in [2.24, 2.45) is 0 Å². The summed E-state index contributed by atoms with van der Waals surface area (Å²) in [5.41, 5.74) is 1.41. The summed E-state index contributed by atoms with van der Waals surface area (Å²) >= 11 is 0. The lowest BCUT2D eigenvalue weighted by molar-refractivity contribution is 0.476. The average molecular weight is 292 g/mol. The lowest BCUT2D eigenvalue weighted by Gasteiger charge is -1.96. The monoisotopic (exact) mass is 292 g/mol. The highest BCUT2D eigenvalue weighted by molar-refractivity contribution is 5.83. The Morgan fingerprint density at radius 1 is 0.864 bits per heavy atom. The summed E-state index contributed by atoms with van der Waals surface area (Å²) in [6.45, 7) is 7.41. The molecule has 0 saturated carbocycles. The van der Waals surface area contributed by atoms with E-state index in [2.05, 4.69) is 37.8 Å². The van der Waals surface area contributed by atoms with Gasteiger partial charge in [0.05, 0.1) is 0 Å². The first-order valence-corrected chi connectivity index (χ1v) is 7.50. The molecule has 0 aliphatic rings. The Balaban J connectivity index is 0.000000194. The number of benzene rings is 3. The number of phenols is 1. The van der Waals surface area contributed by atoms with E-state index in [0.717, 1.165) is 17.2 Å². The second kappa shape index (κ2) is 10.2. The summed E-state index contributed by atoms with van der Waals surface area (Å²) in [7, 11) is 0. The zero-order chi connectivity index (χ0) is 16.2. The van der Waals surface area contributed by atoms with Crippen LogP contribution in [0.25, 0.3) is 10.8 Å². The number of allylic oxidation sites excluding steroid dienone is 1. The van der Waals surface area contributed by atoms with Gasteiger partial charge < -0.3 is 5.11 Å². The molecule has 3 aromatic rings. The van der Waals surface area contributed by atoms with Gasteiger partial charge in [-0.15, -0.1) is 6.58 Å². The Morgan fingerprint density at radius 3 is 1.95 bits per heavy atom. The van der Waals surface area contributed by atoms with Crippen LogP contribution in [-0.4, -0.2) is 5.11 Å². The number of aromatic hydroxyl groups is 1. The third-order valence-corrected chi connectivity index (χ3v) is 2.98. The average Bonchev–Trinajstić information content (AvgIpc) is 2.57. The molecule has 0 spiro atoms. The van der Waals surface area contributed by atoms with E-state index in [1.807, 2.05) is 43.3 Å². The van der Waals surface area contributed by atoms with E-state index in [0.29, 0.717) is 5.75 Å². The molecule has 3 aromatic carbocycles. The summed E-state index contributed by atoms with van der Waals surface area (Å²) in [6.07, 6.45) is 2.89. The van der Waals surface area contributed by atoms with Crippen molar-refractivity contribution in [3.8, 4) is 5.75 Å². The number of rotatable bonds is 1. The normalized spacial score (nSPS) is 9.00. The van der Waals surface area contributed by atoms with Gasteiger partial charge in [0.15, 0.2) is 0 Å². The maximum Gasteiger partial charge on any atom is 0.116 e. The second-order valence-corrected chi connectivity index (χ2v) is 4.78. The summed E-state index contributed by atoms with van der Waals surface area (Å²) in [5.74, 6) is 0.323. The van der Waals surface area contributed by atoms with Crippen LogP contribution in [0.4, 0.5) is 0 Å². The maximum atomic E-state index is 9.13. The van der Waals surface area contributed by atoms with Crippen LogP contribution >= 0.6 is 0 Å². The van der Waals surface area contributed by atoms with Crippen molar-refractivity contribution in [2.75, 3.05) is 0 Å². The molecule has 0 bridgehead atoms. The van der Waals surface area contributed by atoms with Gasteiger partial charge in [0.2, 0.25) is 0 Å². The molecule has 0 radical (unpaired) electrons. The highest BCUT2D eigenvalue weighted by atomic mass is 16.3. The quantitative estimate of drug-likeness (QED) is 0.546. The van der Waals surface area contributed by atoms with E-state index < -0.39 is 0 Å². The van der Waals surface area contributed by atoms with Crippen molar-refractivity contribution < 1.29 is 5.11 Å². The summed E-state index contributed by atoms with van der Waals surface area (Å²) < 4.78 is 0. The molecule has 0 aromatic heterocycles. The van der Waals surface area contributed by atoms with Gasteiger partial charge in [0.1, 0.15) is 5.75 Å². The molecular weight excluding hydrogens is 268 g/mol. The molecule has 0 heterocycles. The SMILES string of the molecule is C=CC.CCc1ccccc1.Oc1ccc2ccccc2c1. The Hall–Kier alpha value is -2.54. The summed E-state index contributed by atoms with van der Waals surface area (Å²) in [5, 5.41) is 11.4. The van der Waals surface area contributed by atoms with E-state index in [1.165, 1.54) is 5.56 Å². The number of hydrogen-bond acceptors (Lipinski definition) is 1. The van der Waals surface area contributed by atoms with Crippen LogP contribution in [0.3, 0.4) is 0 Å². The van der Waals surface area contributed by atoms with Gasteiger partial charge in [-0.2, -0.15) is 0 Å². The molecule has 0 amide bonds. The number of fused-ring (bicyclic) bond motifs is 1. The lowest BCUT2D eigenvalue weighted by Crippen LogP contribution is -1.73. The van der Waals surface area contributed by atoms with E-state index >= 15 is 0 Å². The molecule has 22 heavy (non-hydrogen) atoms. The highest BCUT2D eigenvalue weighted by Crippen LogP contribution is 2.18. The number of phenolic OH excluding ortho intramolecular Hbond substituents is 1. The van der Waals surface area contributed by atoms with Crippen LogP contribution in [0.1, 0.15) is 19.4 Å². The molecule has 0 aliphatic heterocycles. The van der Waals surface area contributed by atoms with Gasteiger partial charge in [-0.05, 0) is 41.8 Å². The predicted molar refractivity (Wildman–Crippen MR) is 97.3 cm³/mol. The van der Waals surface area contributed by atoms with Crippen molar-refractivity contribution >= 4 is 10.8 Å². The Kier molecular flexibility index (Phi) is 8.14. The first-order valence-electron chi connectivity index (χ1n) is 7.50. The first kappa shape index (κ1) is 17.5. The minimum absolute atomic E-state index is 0.323. The van der Waals surface area contributed by atoms with E-state index in [9.17, 15) is 0 Å². The van der Waals surface area contributed by atoms with Crippen molar-refractivity contribution in [1.82, 2.24) is 0 Å². The summed E-state index contributed by atoms with van der Waals surface area (Å²) in [4.78, 5) is 0. The topological polar surface area (TPSA) is 20.2 Å². The number of aryl methyl sites for hydroxylation is 1. The fraction of sp³-hybridized carbons (Fsp3) is 0.143. The Bertz CT molecular complexity index is 672. The lowest BCUT2D eigenvalue weighted by atomic mass is 10.1. The standard InChI is InChI=1S/C10H8O.C8H10.C3H6/c11-10-6-5-8-3-1-2-4-9(8)7-10;1-2-8-6-4-3-5-7-8;1-3-2/h1-7,11H;3-7H,2H2,1H3;3H,1H2,2H3. The molecule has 1 N–H and O–H groups in total. The van der Waals surface area contributed by atoms with E-state index in [4.69, 9.17) is 5.11 Å². The summed E-state index contributed by atoms with van der Waals surface area (Å²) in [6, 6.07) is 23.8. The molecule has 1 nitrogen and oxygen atoms in total. The largest absolute Gasteiger partial charge is 0.508 e. The molecule has 3 rings (SSSR count). The molecule has 0 fully saturated rings. The maximum absolute atomic E-state index is 9.13. The molecule has 114 valence electrons. The van der Waals surface area contributed by atoms with Gasteiger partial charge >= 0.3 is 0 Å². The predicted octanol–water partition coefficient (Wildman–Crippen LogP) is 5.99. The second-order valence-electron chi connectivity index (χ2n) is 4.78. The third-order valence-electron chi connectivity index (χ3n) is 2.98. The van der Waals surface area contributed by atoms with Gasteiger partial charge in [-0.3, -0.25) is 0 Å². The minimum Gasteiger partial charge on any atom is -0.508 e.